The van der Waals surface area contributed by atoms with Crippen LogP contribution in [-0.4, -0.2) is 36.9 Å². The maximum atomic E-state index is 13.0. The molecular weight excluding hydrogens is 385 g/mol. The second kappa shape index (κ2) is 7.89. The molecule has 0 saturated carbocycles. The molecule has 1 amide bonds. The van der Waals surface area contributed by atoms with Gasteiger partial charge in [0.2, 0.25) is 0 Å². The number of carbonyl (C=O) groups is 1. The zero-order valence-corrected chi connectivity index (χ0v) is 15.9. The van der Waals surface area contributed by atoms with Crippen molar-refractivity contribution in [1.29, 1.82) is 0 Å². The third-order valence-corrected chi connectivity index (χ3v) is 6.08. The molecule has 3 rings (SSSR count). The SMILES string of the molecule is CNC(=O)c1nn(CCCS(=O)(=O)c2ccc(F)cc2)c(=O)c2ccccc12. The fourth-order valence-corrected chi connectivity index (χ4v) is 4.13. The van der Waals surface area contributed by atoms with E-state index in [0.29, 0.717) is 10.8 Å². The lowest BCUT2D eigenvalue weighted by Gasteiger charge is -2.10. The van der Waals surface area contributed by atoms with Crippen LogP contribution in [0.4, 0.5) is 4.39 Å². The maximum absolute atomic E-state index is 13.0. The zero-order chi connectivity index (χ0) is 20.3. The van der Waals surface area contributed by atoms with Crippen molar-refractivity contribution < 1.29 is 17.6 Å². The van der Waals surface area contributed by atoms with Gasteiger partial charge in [-0.05, 0) is 36.8 Å². The Kier molecular flexibility index (Phi) is 5.55. The van der Waals surface area contributed by atoms with Gasteiger partial charge in [0.25, 0.3) is 11.5 Å². The van der Waals surface area contributed by atoms with Crippen LogP contribution in [0.15, 0.2) is 58.2 Å². The molecule has 0 aliphatic heterocycles. The fraction of sp³-hybridized carbons (Fsp3) is 0.211. The van der Waals surface area contributed by atoms with Crippen LogP contribution in [0.2, 0.25) is 0 Å². The van der Waals surface area contributed by atoms with Crippen LogP contribution in [0.5, 0.6) is 0 Å². The predicted octanol–water partition coefficient (Wildman–Crippen LogP) is 1.76. The van der Waals surface area contributed by atoms with Gasteiger partial charge in [0, 0.05) is 19.0 Å². The molecule has 0 spiro atoms. The van der Waals surface area contributed by atoms with E-state index in [1.165, 1.54) is 19.2 Å². The predicted molar refractivity (Wildman–Crippen MR) is 102 cm³/mol. The molecular formula is C19H18FN3O4S. The molecule has 1 aromatic heterocycles. The van der Waals surface area contributed by atoms with E-state index < -0.39 is 27.1 Å². The lowest BCUT2D eigenvalue weighted by atomic mass is 10.1. The van der Waals surface area contributed by atoms with Gasteiger partial charge in [-0.25, -0.2) is 17.5 Å². The first-order valence-corrected chi connectivity index (χ1v) is 10.2. The molecule has 2 aromatic carbocycles. The Bertz CT molecular complexity index is 1190. The number of fused-ring (bicyclic) bond motifs is 1. The number of hydrogen-bond acceptors (Lipinski definition) is 5. The Morgan fingerprint density at radius 1 is 1.11 bits per heavy atom. The summed E-state index contributed by atoms with van der Waals surface area (Å²) in [7, 11) is -2.16. The summed E-state index contributed by atoms with van der Waals surface area (Å²) < 4.78 is 38.8. The van der Waals surface area contributed by atoms with E-state index in [0.717, 1.165) is 16.8 Å². The molecule has 3 aromatic rings. The average Bonchev–Trinajstić information content (AvgIpc) is 2.69. The van der Waals surface area contributed by atoms with Gasteiger partial charge in [0.1, 0.15) is 5.82 Å². The number of rotatable bonds is 6. The average molecular weight is 403 g/mol. The van der Waals surface area contributed by atoms with Crippen LogP contribution < -0.4 is 10.9 Å². The van der Waals surface area contributed by atoms with Gasteiger partial charge >= 0.3 is 0 Å². The molecule has 0 radical (unpaired) electrons. The first-order valence-electron chi connectivity index (χ1n) is 8.54. The van der Waals surface area contributed by atoms with Gasteiger partial charge in [-0.2, -0.15) is 5.10 Å². The second-order valence-corrected chi connectivity index (χ2v) is 8.24. The highest BCUT2D eigenvalue weighted by Gasteiger charge is 2.17. The molecule has 0 fully saturated rings. The molecule has 1 N–H and O–H groups in total. The van der Waals surface area contributed by atoms with Gasteiger partial charge in [-0.1, -0.05) is 18.2 Å². The van der Waals surface area contributed by atoms with Crippen LogP contribution in [0.1, 0.15) is 16.9 Å². The smallest absolute Gasteiger partial charge is 0.274 e. The van der Waals surface area contributed by atoms with E-state index in [4.69, 9.17) is 0 Å². The number of aryl methyl sites for hydroxylation is 1. The van der Waals surface area contributed by atoms with Crippen LogP contribution in [0.3, 0.4) is 0 Å². The number of amides is 1. The van der Waals surface area contributed by atoms with Gasteiger partial charge in [0.05, 0.1) is 16.0 Å². The quantitative estimate of drug-likeness (QED) is 0.633. The molecule has 28 heavy (non-hydrogen) atoms. The molecule has 1 heterocycles. The zero-order valence-electron chi connectivity index (χ0n) is 15.1. The molecule has 0 bridgehead atoms. The van der Waals surface area contributed by atoms with Gasteiger partial charge in [0.15, 0.2) is 15.5 Å². The summed E-state index contributed by atoms with van der Waals surface area (Å²) in [6, 6.07) is 11.2. The van der Waals surface area contributed by atoms with Crippen LogP contribution in [0, 0.1) is 5.82 Å². The van der Waals surface area contributed by atoms with Crippen molar-refractivity contribution in [2.75, 3.05) is 12.8 Å². The Hall–Kier alpha value is -3.07. The highest BCUT2D eigenvalue weighted by atomic mass is 32.2. The topological polar surface area (TPSA) is 98.1 Å². The summed E-state index contributed by atoms with van der Waals surface area (Å²) >= 11 is 0. The fourth-order valence-electron chi connectivity index (χ4n) is 2.84. The lowest BCUT2D eigenvalue weighted by Crippen LogP contribution is -2.29. The minimum absolute atomic E-state index is 0.0127. The Labute approximate surface area is 160 Å². The summed E-state index contributed by atoms with van der Waals surface area (Å²) in [6.45, 7) is 0.0219. The van der Waals surface area contributed by atoms with Crippen molar-refractivity contribution in [3.8, 4) is 0 Å². The first-order chi connectivity index (χ1) is 13.3. The Morgan fingerprint density at radius 3 is 2.39 bits per heavy atom. The van der Waals surface area contributed by atoms with Gasteiger partial charge in [-0.15, -0.1) is 0 Å². The Balaban J connectivity index is 1.86. The van der Waals surface area contributed by atoms with Crippen molar-refractivity contribution in [3.05, 3.63) is 70.4 Å². The number of nitrogens with one attached hydrogen (secondary N) is 1. The minimum atomic E-state index is -3.62. The molecule has 0 unspecified atom stereocenters. The number of nitrogens with zero attached hydrogens (tertiary/aromatic N) is 2. The standard InChI is InChI=1S/C19H18FN3O4S/c1-21-18(24)17-15-5-2-3-6-16(15)19(25)23(22-17)11-4-12-28(26,27)14-9-7-13(20)8-10-14/h2-3,5-10H,4,11-12H2,1H3,(H,21,24). The summed E-state index contributed by atoms with van der Waals surface area (Å²) in [5.74, 6) is -1.20. The van der Waals surface area contributed by atoms with E-state index in [9.17, 15) is 22.4 Å². The monoisotopic (exact) mass is 403 g/mol. The number of benzene rings is 2. The van der Waals surface area contributed by atoms with Gasteiger partial charge in [-0.3, -0.25) is 9.59 Å². The van der Waals surface area contributed by atoms with Crippen molar-refractivity contribution in [2.24, 2.45) is 0 Å². The number of hydrogen-bond donors (Lipinski definition) is 1. The van der Waals surface area contributed by atoms with E-state index in [1.807, 2.05) is 0 Å². The molecule has 0 aliphatic carbocycles. The van der Waals surface area contributed by atoms with E-state index in [-0.39, 0.29) is 29.3 Å². The van der Waals surface area contributed by atoms with Crippen LogP contribution >= 0.6 is 0 Å². The number of aromatic nitrogens is 2. The largest absolute Gasteiger partial charge is 0.354 e. The molecule has 0 saturated heterocycles. The van der Waals surface area contributed by atoms with E-state index >= 15 is 0 Å². The first kappa shape index (κ1) is 19.7. The number of carbonyl (C=O) groups excluding carboxylic acids is 1. The van der Waals surface area contributed by atoms with Crippen molar-refractivity contribution in [3.63, 3.8) is 0 Å². The van der Waals surface area contributed by atoms with Crippen molar-refractivity contribution in [2.45, 2.75) is 17.9 Å². The molecule has 0 atom stereocenters. The molecule has 9 heteroatoms. The van der Waals surface area contributed by atoms with Crippen molar-refractivity contribution >= 4 is 26.5 Å². The summed E-state index contributed by atoms with van der Waals surface area (Å²) in [5.41, 5.74) is -0.304. The van der Waals surface area contributed by atoms with Crippen molar-refractivity contribution in [1.82, 2.24) is 15.1 Å². The third-order valence-electron chi connectivity index (χ3n) is 4.27. The third kappa shape index (κ3) is 3.94. The van der Waals surface area contributed by atoms with Crippen LogP contribution in [-0.2, 0) is 16.4 Å². The molecule has 0 aliphatic rings. The summed E-state index contributed by atoms with van der Waals surface area (Å²) in [4.78, 5) is 24.8. The summed E-state index contributed by atoms with van der Waals surface area (Å²) in [6.07, 6.45) is 0.109. The molecule has 146 valence electrons. The minimum Gasteiger partial charge on any atom is -0.354 e. The normalized spacial score (nSPS) is 11.5. The number of sulfone groups is 1. The van der Waals surface area contributed by atoms with E-state index in [1.54, 1.807) is 24.3 Å². The Morgan fingerprint density at radius 2 is 1.75 bits per heavy atom. The van der Waals surface area contributed by atoms with E-state index in [2.05, 4.69) is 10.4 Å². The second-order valence-electron chi connectivity index (χ2n) is 6.13. The number of halogens is 1. The van der Waals surface area contributed by atoms with Crippen LogP contribution in [0.25, 0.3) is 10.8 Å². The summed E-state index contributed by atoms with van der Waals surface area (Å²) in [5, 5.41) is 7.37. The lowest BCUT2D eigenvalue weighted by molar-refractivity contribution is 0.0957. The molecule has 7 nitrogen and oxygen atoms in total. The highest BCUT2D eigenvalue weighted by Crippen LogP contribution is 2.15. The highest BCUT2D eigenvalue weighted by molar-refractivity contribution is 7.91. The van der Waals surface area contributed by atoms with Gasteiger partial charge < -0.3 is 5.32 Å². The maximum Gasteiger partial charge on any atom is 0.274 e.